The third-order valence-corrected chi connectivity index (χ3v) is 4.28. The van der Waals surface area contributed by atoms with Crippen LogP contribution in [0.25, 0.3) is 0 Å². The molecule has 0 aromatic carbocycles. The van der Waals surface area contributed by atoms with Gasteiger partial charge in [0.2, 0.25) is 0 Å². The first-order valence-electron chi connectivity index (χ1n) is 7.29. The second-order valence-corrected chi connectivity index (χ2v) is 6.97. The standard InChI is InChI=1S/C14H21ClO7/c1-6(2)18-12(16)14(15)10(21-14)8-7(17-5)9-11(19-8)22-13(3,4)20-9/h6-11H,1-5H3/t7-,8-,9+,10?,11+,14?/m0/s1. The molecule has 0 aromatic heterocycles. The summed E-state index contributed by atoms with van der Waals surface area (Å²) in [6.45, 7) is 7.09. The van der Waals surface area contributed by atoms with Crippen molar-refractivity contribution in [2.75, 3.05) is 7.11 Å². The lowest BCUT2D eigenvalue weighted by atomic mass is 10.1. The van der Waals surface area contributed by atoms with Crippen molar-refractivity contribution < 1.29 is 33.2 Å². The largest absolute Gasteiger partial charge is 0.460 e. The van der Waals surface area contributed by atoms with Gasteiger partial charge in [-0.15, -0.1) is 0 Å². The summed E-state index contributed by atoms with van der Waals surface area (Å²) in [5.41, 5.74) is 0. The first kappa shape index (κ1) is 16.4. The fraction of sp³-hybridized carbons (Fsp3) is 0.929. The molecule has 0 aromatic rings. The van der Waals surface area contributed by atoms with Crippen molar-refractivity contribution >= 4 is 17.6 Å². The van der Waals surface area contributed by atoms with E-state index in [2.05, 4.69) is 0 Å². The molecule has 3 saturated heterocycles. The minimum atomic E-state index is -1.53. The van der Waals surface area contributed by atoms with Crippen LogP contribution in [-0.4, -0.2) is 60.7 Å². The number of esters is 1. The third kappa shape index (κ3) is 2.64. The first-order valence-corrected chi connectivity index (χ1v) is 7.67. The van der Waals surface area contributed by atoms with E-state index in [1.54, 1.807) is 34.8 Å². The second kappa shape index (κ2) is 5.29. The molecular weight excluding hydrogens is 316 g/mol. The Bertz CT molecular complexity index is 468. The number of alkyl halides is 1. The minimum absolute atomic E-state index is 0.275. The predicted molar refractivity (Wildman–Crippen MR) is 74.2 cm³/mol. The maximum atomic E-state index is 12.0. The lowest BCUT2D eigenvalue weighted by molar-refractivity contribution is -0.218. The summed E-state index contributed by atoms with van der Waals surface area (Å²) in [4.78, 5) is 12.0. The number of hydrogen-bond donors (Lipinski definition) is 0. The van der Waals surface area contributed by atoms with Crippen LogP contribution in [0.5, 0.6) is 0 Å². The average molecular weight is 337 g/mol. The highest BCUT2D eigenvalue weighted by molar-refractivity contribution is 6.35. The normalized spacial score (nSPS) is 45.9. The minimum Gasteiger partial charge on any atom is -0.460 e. The molecule has 7 nitrogen and oxygen atoms in total. The molecule has 3 aliphatic rings. The van der Waals surface area contributed by atoms with Gasteiger partial charge in [0.1, 0.15) is 24.4 Å². The van der Waals surface area contributed by atoms with Gasteiger partial charge in [0, 0.05) is 7.11 Å². The van der Waals surface area contributed by atoms with Crippen LogP contribution in [0.2, 0.25) is 0 Å². The molecule has 3 fully saturated rings. The second-order valence-electron chi connectivity index (χ2n) is 6.41. The zero-order valence-electron chi connectivity index (χ0n) is 13.2. The Morgan fingerprint density at radius 3 is 2.45 bits per heavy atom. The van der Waals surface area contributed by atoms with Crippen LogP contribution in [0, 0.1) is 0 Å². The van der Waals surface area contributed by atoms with E-state index in [4.69, 9.17) is 40.0 Å². The van der Waals surface area contributed by atoms with Crippen molar-refractivity contribution in [2.45, 2.75) is 75.4 Å². The quantitative estimate of drug-likeness (QED) is 0.433. The van der Waals surface area contributed by atoms with E-state index in [0.29, 0.717) is 0 Å². The molecule has 0 N–H and O–H groups in total. The van der Waals surface area contributed by atoms with E-state index in [1.807, 2.05) is 0 Å². The van der Waals surface area contributed by atoms with E-state index >= 15 is 0 Å². The van der Waals surface area contributed by atoms with Crippen molar-refractivity contribution in [1.82, 2.24) is 0 Å². The molecule has 0 saturated carbocycles. The van der Waals surface area contributed by atoms with Crippen LogP contribution in [0.1, 0.15) is 27.7 Å². The van der Waals surface area contributed by atoms with Crippen molar-refractivity contribution in [3.05, 3.63) is 0 Å². The van der Waals surface area contributed by atoms with Crippen LogP contribution >= 0.6 is 11.6 Å². The smallest absolute Gasteiger partial charge is 0.357 e. The van der Waals surface area contributed by atoms with Gasteiger partial charge in [-0.1, -0.05) is 11.6 Å². The summed E-state index contributed by atoms with van der Waals surface area (Å²) in [7, 11) is 1.54. The summed E-state index contributed by atoms with van der Waals surface area (Å²) in [5.74, 6) is -1.36. The molecule has 0 radical (unpaired) electrons. The topological polar surface area (TPSA) is 75.8 Å². The lowest BCUT2D eigenvalue weighted by Crippen LogP contribution is -2.41. The maximum absolute atomic E-state index is 12.0. The van der Waals surface area contributed by atoms with Gasteiger partial charge in [0.25, 0.3) is 5.06 Å². The monoisotopic (exact) mass is 336 g/mol. The molecule has 2 unspecified atom stereocenters. The van der Waals surface area contributed by atoms with E-state index in [9.17, 15) is 4.79 Å². The molecule has 0 aliphatic carbocycles. The van der Waals surface area contributed by atoms with Crippen molar-refractivity contribution in [2.24, 2.45) is 0 Å². The Balaban J connectivity index is 1.69. The number of carbonyl (C=O) groups is 1. The zero-order chi connectivity index (χ0) is 16.3. The Morgan fingerprint density at radius 2 is 1.86 bits per heavy atom. The van der Waals surface area contributed by atoms with Crippen LogP contribution in [0.15, 0.2) is 0 Å². The highest BCUT2D eigenvalue weighted by Gasteiger charge is 2.72. The van der Waals surface area contributed by atoms with Crippen molar-refractivity contribution in [1.29, 1.82) is 0 Å². The van der Waals surface area contributed by atoms with Crippen LogP contribution in [0.3, 0.4) is 0 Å². The fourth-order valence-electron chi connectivity index (χ4n) is 2.90. The summed E-state index contributed by atoms with van der Waals surface area (Å²) < 4.78 is 33.2. The van der Waals surface area contributed by atoms with Gasteiger partial charge in [0.05, 0.1) is 6.10 Å². The molecule has 6 atom stereocenters. The number of fused-ring (bicyclic) bond motifs is 1. The molecule has 3 aliphatic heterocycles. The molecule has 22 heavy (non-hydrogen) atoms. The SMILES string of the molecule is CO[C@@H]1[C@H]2OC(C)(C)O[C@H]2O[C@@H]1C1OC1(Cl)C(=O)OC(C)C. The molecule has 3 rings (SSSR count). The summed E-state index contributed by atoms with van der Waals surface area (Å²) in [6.07, 6.45) is -2.90. The number of halogens is 1. The molecule has 8 heteroatoms. The number of carbonyl (C=O) groups excluding carboxylic acids is 1. The molecule has 0 amide bonds. The van der Waals surface area contributed by atoms with Gasteiger partial charge >= 0.3 is 5.97 Å². The Morgan fingerprint density at radius 1 is 1.18 bits per heavy atom. The summed E-state index contributed by atoms with van der Waals surface area (Å²) in [6, 6.07) is 0. The van der Waals surface area contributed by atoms with Gasteiger partial charge in [0.15, 0.2) is 12.1 Å². The zero-order valence-corrected chi connectivity index (χ0v) is 14.0. The molecule has 3 heterocycles. The molecule has 0 spiro atoms. The maximum Gasteiger partial charge on any atom is 0.357 e. The predicted octanol–water partition coefficient (Wildman–Crippen LogP) is 1.16. The van der Waals surface area contributed by atoms with Gasteiger partial charge in [-0.3, -0.25) is 0 Å². The number of methoxy groups -OCH3 is 1. The van der Waals surface area contributed by atoms with Crippen LogP contribution in [-0.2, 0) is 33.2 Å². The van der Waals surface area contributed by atoms with Crippen LogP contribution in [0.4, 0.5) is 0 Å². The van der Waals surface area contributed by atoms with Gasteiger partial charge in [-0.2, -0.15) is 0 Å². The summed E-state index contributed by atoms with van der Waals surface area (Å²) >= 11 is 6.21. The lowest BCUT2D eigenvalue weighted by Gasteiger charge is -2.24. The van der Waals surface area contributed by atoms with E-state index < -0.39 is 47.5 Å². The van der Waals surface area contributed by atoms with Crippen molar-refractivity contribution in [3.63, 3.8) is 0 Å². The van der Waals surface area contributed by atoms with Gasteiger partial charge in [-0.25, -0.2) is 4.79 Å². The van der Waals surface area contributed by atoms with E-state index in [0.717, 1.165) is 0 Å². The Hall–Kier alpha value is -0.440. The number of hydrogen-bond acceptors (Lipinski definition) is 7. The van der Waals surface area contributed by atoms with E-state index in [-0.39, 0.29) is 6.10 Å². The van der Waals surface area contributed by atoms with E-state index in [1.165, 1.54) is 0 Å². The average Bonchev–Trinajstić information content (AvgIpc) is 2.84. The Labute approximate surface area is 134 Å². The fourth-order valence-corrected chi connectivity index (χ4v) is 3.17. The molecule has 126 valence electrons. The first-order chi connectivity index (χ1) is 10.2. The van der Waals surface area contributed by atoms with Gasteiger partial charge in [-0.05, 0) is 27.7 Å². The highest BCUT2D eigenvalue weighted by Crippen LogP contribution is 2.50. The number of rotatable bonds is 4. The third-order valence-electron chi connectivity index (χ3n) is 3.83. The highest BCUT2D eigenvalue weighted by atomic mass is 35.5. The summed E-state index contributed by atoms with van der Waals surface area (Å²) in [5, 5.41) is -1.53. The number of ether oxygens (including phenoxy) is 6. The molecular formula is C14H21ClO7. The Kier molecular flexibility index (Phi) is 3.95. The van der Waals surface area contributed by atoms with Crippen LogP contribution < -0.4 is 0 Å². The molecule has 0 bridgehead atoms. The van der Waals surface area contributed by atoms with Crippen molar-refractivity contribution in [3.8, 4) is 0 Å². The number of epoxide rings is 1. The van der Waals surface area contributed by atoms with Gasteiger partial charge < -0.3 is 28.4 Å².